The molecule has 1 aromatic carbocycles. The van der Waals surface area contributed by atoms with Gasteiger partial charge in [-0.15, -0.1) is 0 Å². The molecule has 0 aliphatic carbocycles. The fourth-order valence-corrected chi connectivity index (χ4v) is 1.57. The average Bonchev–Trinajstić information content (AvgIpc) is 2.41. The van der Waals surface area contributed by atoms with Crippen LogP contribution in [0.2, 0.25) is 0 Å². The summed E-state index contributed by atoms with van der Waals surface area (Å²) in [5.41, 5.74) is 1.39. The molecule has 0 saturated heterocycles. The molecule has 0 spiro atoms. The van der Waals surface area contributed by atoms with Gasteiger partial charge in [-0.1, -0.05) is 12.1 Å². The summed E-state index contributed by atoms with van der Waals surface area (Å²) in [5.74, 6) is 0.237. The van der Waals surface area contributed by atoms with Gasteiger partial charge in [-0.3, -0.25) is 9.78 Å². The number of carbonyl (C=O) groups excluding carboxylic acids is 1. The van der Waals surface area contributed by atoms with E-state index in [-0.39, 0.29) is 5.91 Å². The molecule has 92 valence electrons. The summed E-state index contributed by atoms with van der Waals surface area (Å²) in [4.78, 5) is 20.0. The highest BCUT2D eigenvalue weighted by molar-refractivity contribution is 6.07. The minimum absolute atomic E-state index is 0.202. The van der Waals surface area contributed by atoms with Crippen molar-refractivity contribution in [3.05, 3.63) is 48.4 Å². The van der Waals surface area contributed by atoms with Crippen molar-refractivity contribution in [1.82, 2.24) is 9.97 Å². The van der Waals surface area contributed by atoms with E-state index in [2.05, 4.69) is 20.6 Å². The molecular weight excluding hydrogens is 228 g/mol. The van der Waals surface area contributed by atoms with Gasteiger partial charge in [0.05, 0.1) is 11.8 Å². The van der Waals surface area contributed by atoms with E-state index in [1.165, 1.54) is 12.4 Å². The maximum Gasteiger partial charge on any atom is 0.258 e. The van der Waals surface area contributed by atoms with Crippen LogP contribution >= 0.6 is 0 Å². The highest BCUT2D eigenvalue weighted by Crippen LogP contribution is 2.16. The van der Waals surface area contributed by atoms with Crippen LogP contribution in [-0.4, -0.2) is 22.4 Å². The highest BCUT2D eigenvalue weighted by atomic mass is 16.1. The fraction of sp³-hybridized carbons (Fsp3) is 0.154. The van der Waals surface area contributed by atoms with Gasteiger partial charge in [0.1, 0.15) is 0 Å². The fourth-order valence-electron chi connectivity index (χ4n) is 1.57. The normalized spacial score (nSPS) is 9.83. The number of aromatic nitrogens is 2. The van der Waals surface area contributed by atoms with Gasteiger partial charge < -0.3 is 10.6 Å². The molecule has 1 heterocycles. The van der Waals surface area contributed by atoms with Crippen LogP contribution in [0, 0.1) is 0 Å². The molecule has 18 heavy (non-hydrogen) atoms. The van der Waals surface area contributed by atoms with Gasteiger partial charge in [0.15, 0.2) is 5.82 Å². The van der Waals surface area contributed by atoms with E-state index in [0.29, 0.717) is 11.4 Å². The van der Waals surface area contributed by atoms with Crippen molar-refractivity contribution in [2.45, 2.75) is 6.92 Å². The Labute approximate surface area is 105 Å². The number of carbonyl (C=O) groups is 1. The Kier molecular flexibility index (Phi) is 3.86. The third kappa shape index (κ3) is 2.82. The van der Waals surface area contributed by atoms with Crippen LogP contribution in [-0.2, 0) is 0 Å². The van der Waals surface area contributed by atoms with Crippen molar-refractivity contribution in [2.75, 3.05) is 17.2 Å². The molecule has 0 fully saturated rings. The molecule has 1 amide bonds. The van der Waals surface area contributed by atoms with E-state index in [1.807, 2.05) is 25.1 Å². The first kappa shape index (κ1) is 12.0. The molecule has 2 rings (SSSR count). The standard InChI is InChI=1S/C13H14N4O/c1-2-15-11-6-4-3-5-10(11)13(18)17-12-9-14-7-8-16-12/h3-9,15H,2H2,1H3,(H,16,17,18). The van der Waals surface area contributed by atoms with Gasteiger partial charge in [0.2, 0.25) is 0 Å². The molecule has 0 bridgehead atoms. The zero-order valence-electron chi connectivity index (χ0n) is 10.1. The number of hydrogen-bond acceptors (Lipinski definition) is 4. The van der Waals surface area contributed by atoms with E-state index in [1.54, 1.807) is 12.3 Å². The number of amides is 1. The maximum atomic E-state index is 12.1. The minimum Gasteiger partial charge on any atom is -0.385 e. The summed E-state index contributed by atoms with van der Waals surface area (Å²) in [6.45, 7) is 2.74. The molecule has 0 aliphatic heterocycles. The number of nitrogens with one attached hydrogen (secondary N) is 2. The highest BCUT2D eigenvalue weighted by Gasteiger charge is 2.10. The van der Waals surface area contributed by atoms with Crippen molar-refractivity contribution < 1.29 is 4.79 Å². The second-order valence-corrected chi connectivity index (χ2v) is 3.62. The molecule has 5 nitrogen and oxygen atoms in total. The maximum absolute atomic E-state index is 12.1. The van der Waals surface area contributed by atoms with E-state index >= 15 is 0 Å². The zero-order chi connectivity index (χ0) is 12.8. The Morgan fingerprint density at radius 1 is 1.28 bits per heavy atom. The lowest BCUT2D eigenvalue weighted by atomic mass is 10.1. The van der Waals surface area contributed by atoms with Crippen LogP contribution < -0.4 is 10.6 Å². The van der Waals surface area contributed by atoms with Crippen LogP contribution in [0.15, 0.2) is 42.9 Å². The molecular formula is C13H14N4O. The van der Waals surface area contributed by atoms with Crippen molar-refractivity contribution in [1.29, 1.82) is 0 Å². The minimum atomic E-state index is -0.202. The summed E-state index contributed by atoms with van der Waals surface area (Å²) in [7, 11) is 0. The summed E-state index contributed by atoms with van der Waals surface area (Å²) in [6, 6.07) is 7.35. The summed E-state index contributed by atoms with van der Waals surface area (Å²) in [5, 5.41) is 5.85. The quantitative estimate of drug-likeness (QED) is 0.862. The molecule has 5 heteroatoms. The first-order chi connectivity index (χ1) is 8.81. The van der Waals surface area contributed by atoms with Gasteiger partial charge in [0.25, 0.3) is 5.91 Å². The van der Waals surface area contributed by atoms with E-state index in [4.69, 9.17) is 0 Å². The lowest BCUT2D eigenvalue weighted by molar-refractivity contribution is 0.102. The Morgan fingerprint density at radius 2 is 2.11 bits per heavy atom. The number of para-hydroxylation sites is 1. The Morgan fingerprint density at radius 3 is 2.83 bits per heavy atom. The second-order valence-electron chi connectivity index (χ2n) is 3.62. The number of hydrogen-bond donors (Lipinski definition) is 2. The van der Waals surface area contributed by atoms with Crippen LogP contribution in [0.3, 0.4) is 0 Å². The predicted molar refractivity (Wildman–Crippen MR) is 70.6 cm³/mol. The Balaban J connectivity index is 2.19. The number of nitrogens with zero attached hydrogens (tertiary/aromatic N) is 2. The first-order valence-corrected chi connectivity index (χ1v) is 5.71. The lowest BCUT2D eigenvalue weighted by Gasteiger charge is -2.10. The second kappa shape index (κ2) is 5.77. The molecule has 2 aromatic rings. The molecule has 0 saturated carbocycles. The topological polar surface area (TPSA) is 66.9 Å². The molecule has 1 aromatic heterocycles. The summed E-state index contributed by atoms with van der Waals surface area (Å²) >= 11 is 0. The van der Waals surface area contributed by atoms with Gasteiger partial charge in [-0.25, -0.2) is 4.98 Å². The number of benzene rings is 1. The summed E-state index contributed by atoms with van der Waals surface area (Å²) in [6.07, 6.45) is 4.60. The van der Waals surface area contributed by atoms with Gasteiger partial charge >= 0.3 is 0 Å². The van der Waals surface area contributed by atoms with E-state index < -0.39 is 0 Å². The molecule has 0 atom stereocenters. The van der Waals surface area contributed by atoms with Crippen molar-refractivity contribution in [2.24, 2.45) is 0 Å². The van der Waals surface area contributed by atoms with Crippen LogP contribution in [0.4, 0.5) is 11.5 Å². The Bertz CT molecular complexity index is 528. The third-order valence-corrected chi connectivity index (χ3v) is 2.34. The molecule has 0 radical (unpaired) electrons. The van der Waals surface area contributed by atoms with Crippen molar-refractivity contribution in [3.8, 4) is 0 Å². The van der Waals surface area contributed by atoms with E-state index in [9.17, 15) is 4.79 Å². The molecule has 0 unspecified atom stereocenters. The molecule has 2 N–H and O–H groups in total. The van der Waals surface area contributed by atoms with Gasteiger partial charge in [-0.05, 0) is 19.1 Å². The van der Waals surface area contributed by atoms with Gasteiger partial charge in [0, 0.05) is 24.6 Å². The summed E-state index contributed by atoms with van der Waals surface area (Å²) < 4.78 is 0. The van der Waals surface area contributed by atoms with Crippen molar-refractivity contribution in [3.63, 3.8) is 0 Å². The predicted octanol–water partition coefficient (Wildman–Crippen LogP) is 2.16. The number of anilines is 2. The van der Waals surface area contributed by atoms with Gasteiger partial charge in [-0.2, -0.15) is 0 Å². The van der Waals surface area contributed by atoms with Crippen LogP contribution in [0.1, 0.15) is 17.3 Å². The molecule has 0 aliphatic rings. The largest absolute Gasteiger partial charge is 0.385 e. The van der Waals surface area contributed by atoms with Crippen molar-refractivity contribution >= 4 is 17.4 Å². The van der Waals surface area contributed by atoms with E-state index in [0.717, 1.165) is 12.2 Å². The van der Waals surface area contributed by atoms with Crippen LogP contribution in [0.25, 0.3) is 0 Å². The lowest BCUT2D eigenvalue weighted by Crippen LogP contribution is -2.15. The first-order valence-electron chi connectivity index (χ1n) is 5.71. The third-order valence-electron chi connectivity index (χ3n) is 2.34. The SMILES string of the molecule is CCNc1ccccc1C(=O)Nc1cnccn1. The zero-order valence-corrected chi connectivity index (χ0v) is 10.1. The number of rotatable bonds is 4. The van der Waals surface area contributed by atoms with Crippen LogP contribution in [0.5, 0.6) is 0 Å². The Hall–Kier alpha value is -2.43. The monoisotopic (exact) mass is 242 g/mol. The average molecular weight is 242 g/mol. The smallest absolute Gasteiger partial charge is 0.258 e.